The van der Waals surface area contributed by atoms with Gasteiger partial charge in [0.05, 0.1) is 0 Å². The minimum absolute atomic E-state index is 0.247. The van der Waals surface area contributed by atoms with E-state index in [1.54, 1.807) is 6.07 Å². The number of para-hydroxylation sites is 1. The Hall–Kier alpha value is -2.58. The second-order valence-electron chi connectivity index (χ2n) is 6.20. The monoisotopic (exact) mass is 366 g/mol. The lowest BCUT2D eigenvalue weighted by Gasteiger charge is -2.13. The van der Waals surface area contributed by atoms with Crippen LogP contribution in [0.25, 0.3) is 6.08 Å². The van der Waals surface area contributed by atoms with E-state index >= 15 is 0 Å². The number of hydrogen-bond acceptors (Lipinski definition) is 1. The predicted molar refractivity (Wildman–Crippen MR) is 106 cm³/mol. The fourth-order valence-corrected chi connectivity index (χ4v) is 2.76. The number of rotatable bonds is 6. The molecule has 0 aliphatic heterocycles. The molecule has 3 heteroatoms. The molecule has 0 radical (unpaired) electrons. The van der Waals surface area contributed by atoms with Gasteiger partial charge in [-0.1, -0.05) is 67.1 Å². The van der Waals surface area contributed by atoms with E-state index in [4.69, 9.17) is 16.3 Å². The van der Waals surface area contributed by atoms with Crippen molar-refractivity contribution in [3.05, 3.63) is 101 Å². The van der Waals surface area contributed by atoms with E-state index in [9.17, 15) is 4.39 Å². The fourth-order valence-electron chi connectivity index (χ4n) is 2.64. The molecule has 1 atom stereocenters. The predicted octanol–water partition coefficient (Wildman–Crippen LogP) is 7.48. The van der Waals surface area contributed by atoms with Crippen LogP contribution in [0.2, 0.25) is 5.02 Å². The molecule has 0 spiro atoms. The van der Waals surface area contributed by atoms with Gasteiger partial charge in [-0.25, -0.2) is 4.39 Å². The molecule has 3 rings (SSSR count). The second-order valence-corrected chi connectivity index (χ2v) is 6.63. The SMILES string of the molecule is CC(CC=Cc1ccc(Cl)cc1)c1ccc(F)c(Oc2ccccc2)c1. The molecule has 132 valence electrons. The van der Waals surface area contributed by atoms with E-state index in [1.165, 1.54) is 6.07 Å². The first kappa shape index (κ1) is 18.2. The molecule has 0 saturated carbocycles. The Morgan fingerprint density at radius 1 is 1.00 bits per heavy atom. The van der Waals surface area contributed by atoms with Crippen LogP contribution in [0.5, 0.6) is 11.5 Å². The molecule has 0 aromatic heterocycles. The first-order valence-electron chi connectivity index (χ1n) is 8.56. The second kappa shape index (κ2) is 8.68. The van der Waals surface area contributed by atoms with Crippen LogP contribution in [0.4, 0.5) is 4.39 Å². The van der Waals surface area contributed by atoms with Crippen LogP contribution in [0.15, 0.2) is 78.9 Å². The number of allylic oxidation sites excluding steroid dienone is 1. The summed E-state index contributed by atoms with van der Waals surface area (Å²) in [6.07, 6.45) is 5.03. The molecule has 0 saturated heterocycles. The van der Waals surface area contributed by atoms with Crippen molar-refractivity contribution in [2.45, 2.75) is 19.3 Å². The third kappa shape index (κ3) is 4.96. The van der Waals surface area contributed by atoms with Crippen molar-refractivity contribution >= 4 is 17.7 Å². The van der Waals surface area contributed by atoms with E-state index in [1.807, 2.05) is 60.7 Å². The number of benzene rings is 3. The van der Waals surface area contributed by atoms with Gasteiger partial charge in [0.25, 0.3) is 0 Å². The van der Waals surface area contributed by atoms with Crippen LogP contribution >= 0.6 is 11.6 Å². The van der Waals surface area contributed by atoms with Gasteiger partial charge in [-0.2, -0.15) is 0 Å². The minimum atomic E-state index is -0.360. The van der Waals surface area contributed by atoms with Crippen molar-refractivity contribution in [3.8, 4) is 11.5 Å². The van der Waals surface area contributed by atoms with Crippen molar-refractivity contribution in [2.24, 2.45) is 0 Å². The Bertz CT molecular complexity index is 872. The summed E-state index contributed by atoms with van der Waals surface area (Å²) in [4.78, 5) is 0. The zero-order valence-electron chi connectivity index (χ0n) is 14.5. The number of hydrogen-bond donors (Lipinski definition) is 0. The quantitative estimate of drug-likeness (QED) is 0.439. The van der Waals surface area contributed by atoms with Crippen LogP contribution in [-0.2, 0) is 0 Å². The first-order valence-corrected chi connectivity index (χ1v) is 8.94. The normalized spacial score (nSPS) is 12.3. The Morgan fingerprint density at radius 3 is 2.46 bits per heavy atom. The van der Waals surface area contributed by atoms with Gasteiger partial charge in [-0.15, -0.1) is 0 Å². The fraction of sp³-hybridized carbons (Fsp3) is 0.130. The summed E-state index contributed by atoms with van der Waals surface area (Å²) in [5.74, 6) is 0.764. The first-order chi connectivity index (χ1) is 12.6. The average molecular weight is 367 g/mol. The molecule has 3 aromatic rings. The minimum Gasteiger partial charge on any atom is -0.454 e. The molecule has 1 nitrogen and oxygen atoms in total. The van der Waals surface area contributed by atoms with E-state index in [2.05, 4.69) is 19.1 Å². The largest absolute Gasteiger partial charge is 0.454 e. The van der Waals surface area contributed by atoms with Crippen LogP contribution in [-0.4, -0.2) is 0 Å². The lowest BCUT2D eigenvalue weighted by Crippen LogP contribution is -1.95. The Morgan fingerprint density at radius 2 is 1.73 bits per heavy atom. The Labute approximate surface area is 158 Å². The number of ether oxygens (including phenoxy) is 1. The van der Waals surface area contributed by atoms with Gasteiger partial charge in [0.2, 0.25) is 0 Å². The summed E-state index contributed by atoms with van der Waals surface area (Å²) < 4.78 is 19.8. The molecule has 0 heterocycles. The highest BCUT2D eigenvalue weighted by molar-refractivity contribution is 6.30. The highest BCUT2D eigenvalue weighted by Crippen LogP contribution is 2.29. The van der Waals surface area contributed by atoms with Gasteiger partial charge in [0.15, 0.2) is 11.6 Å². The summed E-state index contributed by atoms with van der Waals surface area (Å²) >= 11 is 5.90. The third-order valence-corrected chi connectivity index (χ3v) is 4.42. The average Bonchev–Trinajstić information content (AvgIpc) is 2.66. The topological polar surface area (TPSA) is 9.23 Å². The maximum atomic E-state index is 14.1. The lowest BCUT2D eigenvalue weighted by atomic mass is 9.97. The molecule has 3 aromatic carbocycles. The zero-order chi connectivity index (χ0) is 18.4. The van der Waals surface area contributed by atoms with Crippen molar-refractivity contribution in [1.82, 2.24) is 0 Å². The van der Waals surface area contributed by atoms with E-state index < -0.39 is 0 Å². The summed E-state index contributed by atoms with van der Waals surface area (Å²) in [6, 6.07) is 22.0. The van der Waals surface area contributed by atoms with Crippen molar-refractivity contribution in [3.63, 3.8) is 0 Å². The van der Waals surface area contributed by atoms with Crippen LogP contribution in [0.3, 0.4) is 0 Å². The van der Waals surface area contributed by atoms with Gasteiger partial charge >= 0.3 is 0 Å². The van der Waals surface area contributed by atoms with E-state index in [0.29, 0.717) is 5.75 Å². The Kier molecular flexibility index (Phi) is 6.08. The Balaban J connectivity index is 1.68. The molecule has 1 unspecified atom stereocenters. The zero-order valence-corrected chi connectivity index (χ0v) is 15.3. The molecule has 0 aliphatic rings. The molecule has 0 fully saturated rings. The van der Waals surface area contributed by atoms with Gasteiger partial charge in [-0.05, 0) is 59.9 Å². The molecular weight excluding hydrogens is 347 g/mol. The maximum Gasteiger partial charge on any atom is 0.165 e. The van der Waals surface area contributed by atoms with Gasteiger partial charge < -0.3 is 4.74 Å². The standard InChI is InChI=1S/C23H20ClFO/c1-17(6-5-7-18-10-13-20(24)14-11-18)19-12-15-22(25)23(16-19)26-21-8-3-2-4-9-21/h2-5,7-17H,6H2,1H3. The molecule has 0 aliphatic carbocycles. The summed E-state index contributed by atoms with van der Waals surface area (Å²) in [7, 11) is 0. The van der Waals surface area contributed by atoms with Crippen LogP contribution in [0.1, 0.15) is 30.4 Å². The maximum absolute atomic E-state index is 14.1. The summed E-state index contributed by atoms with van der Waals surface area (Å²) in [5.41, 5.74) is 2.15. The highest BCUT2D eigenvalue weighted by atomic mass is 35.5. The van der Waals surface area contributed by atoms with Gasteiger partial charge in [0.1, 0.15) is 5.75 Å². The van der Waals surface area contributed by atoms with Gasteiger partial charge in [0, 0.05) is 5.02 Å². The number of halogens is 2. The van der Waals surface area contributed by atoms with Gasteiger partial charge in [-0.3, -0.25) is 0 Å². The van der Waals surface area contributed by atoms with Crippen LogP contribution in [0, 0.1) is 5.82 Å². The van der Waals surface area contributed by atoms with E-state index in [0.717, 1.165) is 22.6 Å². The summed E-state index contributed by atoms with van der Waals surface area (Å²) in [6.45, 7) is 2.12. The smallest absolute Gasteiger partial charge is 0.165 e. The highest BCUT2D eigenvalue weighted by Gasteiger charge is 2.10. The molecule has 0 amide bonds. The molecule has 26 heavy (non-hydrogen) atoms. The van der Waals surface area contributed by atoms with Crippen molar-refractivity contribution in [2.75, 3.05) is 0 Å². The third-order valence-electron chi connectivity index (χ3n) is 4.17. The van der Waals surface area contributed by atoms with Crippen molar-refractivity contribution < 1.29 is 9.13 Å². The molecular formula is C23H20ClFO. The summed E-state index contributed by atoms with van der Waals surface area (Å²) in [5, 5.41) is 0.729. The molecule has 0 bridgehead atoms. The molecule has 0 N–H and O–H groups in total. The van der Waals surface area contributed by atoms with Crippen molar-refractivity contribution in [1.29, 1.82) is 0 Å². The lowest BCUT2D eigenvalue weighted by molar-refractivity contribution is 0.441. The van der Waals surface area contributed by atoms with Crippen LogP contribution < -0.4 is 4.74 Å². The van der Waals surface area contributed by atoms with E-state index in [-0.39, 0.29) is 17.5 Å².